The topological polar surface area (TPSA) is 31.6 Å². The summed E-state index contributed by atoms with van der Waals surface area (Å²) in [5, 5.41) is 0.725. The Balaban J connectivity index is 1.45. The second-order valence-corrected chi connectivity index (χ2v) is 8.58. The Morgan fingerprint density at radius 2 is 1.66 bits per heavy atom. The van der Waals surface area contributed by atoms with E-state index in [1.807, 2.05) is 18.2 Å². The van der Waals surface area contributed by atoms with Gasteiger partial charge in [-0.25, -0.2) is 0 Å². The van der Waals surface area contributed by atoms with E-state index in [9.17, 15) is 0 Å². The number of hydrogen-bond donors (Lipinski definition) is 0. The van der Waals surface area contributed by atoms with Crippen molar-refractivity contribution in [2.75, 3.05) is 26.3 Å². The summed E-state index contributed by atoms with van der Waals surface area (Å²) in [6.07, 6.45) is 1.79. The van der Waals surface area contributed by atoms with Crippen molar-refractivity contribution in [2.24, 2.45) is 0 Å². The number of rotatable bonds is 4. The number of halogens is 1. The lowest BCUT2D eigenvalue weighted by molar-refractivity contribution is -0.187. The van der Waals surface area contributed by atoms with E-state index >= 15 is 0 Å². The van der Waals surface area contributed by atoms with Crippen LogP contribution in [-0.2, 0) is 22.7 Å². The maximum Gasteiger partial charge on any atom is 0.182 e. The summed E-state index contributed by atoms with van der Waals surface area (Å²) in [5.41, 5.74) is 3.42. The minimum atomic E-state index is -0.359. The molecular weight excluding hydrogens is 406 g/mol. The lowest BCUT2D eigenvalue weighted by Gasteiger charge is -2.37. The van der Waals surface area contributed by atoms with Crippen molar-refractivity contribution in [3.63, 3.8) is 0 Å². The van der Waals surface area contributed by atoms with Crippen molar-refractivity contribution in [1.29, 1.82) is 0 Å². The standard InChI is InChI=1S/C22H24ClN3O2S/c23-18-6-7-19-20(14-18)26(21(29)25(19)15-17-4-2-1-3-5-17)16-24-10-8-22(9-11-24)27-12-13-28-22/h1-7,14H,8-13,15-16H2. The maximum atomic E-state index is 6.33. The van der Waals surface area contributed by atoms with Crippen molar-refractivity contribution in [2.45, 2.75) is 31.8 Å². The monoisotopic (exact) mass is 429 g/mol. The van der Waals surface area contributed by atoms with Crippen LogP contribution in [0.1, 0.15) is 18.4 Å². The van der Waals surface area contributed by atoms with Gasteiger partial charge in [0, 0.05) is 31.0 Å². The van der Waals surface area contributed by atoms with E-state index in [2.05, 4.69) is 44.4 Å². The van der Waals surface area contributed by atoms with Crippen LogP contribution in [0.3, 0.4) is 0 Å². The predicted octanol–water partition coefficient (Wildman–Crippen LogP) is 4.67. The van der Waals surface area contributed by atoms with E-state index in [-0.39, 0.29) is 5.79 Å². The van der Waals surface area contributed by atoms with Crippen molar-refractivity contribution >= 4 is 34.9 Å². The van der Waals surface area contributed by atoms with E-state index < -0.39 is 0 Å². The molecule has 0 N–H and O–H groups in total. The number of aromatic nitrogens is 2. The molecule has 0 bridgehead atoms. The molecule has 2 aromatic carbocycles. The Labute approximate surface area is 180 Å². The molecule has 29 heavy (non-hydrogen) atoms. The van der Waals surface area contributed by atoms with Gasteiger partial charge < -0.3 is 18.6 Å². The van der Waals surface area contributed by atoms with Crippen LogP contribution < -0.4 is 0 Å². The van der Waals surface area contributed by atoms with Crippen LogP contribution in [0.15, 0.2) is 48.5 Å². The zero-order chi connectivity index (χ0) is 19.8. The van der Waals surface area contributed by atoms with E-state index in [4.69, 9.17) is 33.3 Å². The van der Waals surface area contributed by atoms with Crippen LogP contribution in [0.5, 0.6) is 0 Å². The molecule has 0 atom stereocenters. The third-order valence-corrected chi connectivity index (χ3v) is 6.61. The van der Waals surface area contributed by atoms with Crippen LogP contribution in [0.25, 0.3) is 11.0 Å². The van der Waals surface area contributed by atoms with Gasteiger partial charge in [0.25, 0.3) is 0 Å². The number of fused-ring (bicyclic) bond motifs is 1. The predicted molar refractivity (Wildman–Crippen MR) is 117 cm³/mol. The normalized spacial score (nSPS) is 19.3. The molecule has 5 nitrogen and oxygen atoms in total. The molecule has 0 radical (unpaired) electrons. The molecule has 2 saturated heterocycles. The molecule has 5 rings (SSSR count). The lowest BCUT2D eigenvalue weighted by atomic mass is 10.0. The first-order valence-electron chi connectivity index (χ1n) is 10.1. The highest BCUT2D eigenvalue weighted by molar-refractivity contribution is 7.71. The third kappa shape index (κ3) is 3.76. The molecule has 2 aliphatic rings. The lowest BCUT2D eigenvalue weighted by Crippen LogP contribution is -2.45. The average Bonchev–Trinajstić information content (AvgIpc) is 3.29. The Morgan fingerprint density at radius 3 is 2.38 bits per heavy atom. The van der Waals surface area contributed by atoms with Gasteiger partial charge in [0.05, 0.1) is 37.5 Å². The largest absolute Gasteiger partial charge is 0.347 e. The first-order chi connectivity index (χ1) is 14.1. The average molecular weight is 430 g/mol. The number of piperidine rings is 1. The van der Waals surface area contributed by atoms with Gasteiger partial charge in [-0.1, -0.05) is 41.9 Å². The number of hydrogen-bond acceptors (Lipinski definition) is 4. The maximum absolute atomic E-state index is 6.33. The molecule has 2 aliphatic heterocycles. The van der Waals surface area contributed by atoms with E-state index in [0.717, 1.165) is 60.0 Å². The number of benzene rings is 2. The van der Waals surface area contributed by atoms with Gasteiger partial charge in [0.2, 0.25) is 0 Å². The number of imidazole rings is 1. The molecule has 152 valence electrons. The summed E-state index contributed by atoms with van der Waals surface area (Å²) < 4.78 is 16.9. The zero-order valence-electron chi connectivity index (χ0n) is 16.2. The second kappa shape index (κ2) is 7.85. The first kappa shape index (κ1) is 19.3. The quantitative estimate of drug-likeness (QED) is 0.564. The molecule has 2 fully saturated rings. The highest BCUT2D eigenvalue weighted by Gasteiger charge is 2.39. The molecule has 0 unspecified atom stereocenters. The van der Waals surface area contributed by atoms with E-state index in [1.54, 1.807) is 0 Å². The van der Waals surface area contributed by atoms with Gasteiger partial charge in [-0.15, -0.1) is 0 Å². The van der Waals surface area contributed by atoms with Gasteiger partial charge in [0.1, 0.15) is 0 Å². The van der Waals surface area contributed by atoms with Gasteiger partial charge >= 0.3 is 0 Å². The van der Waals surface area contributed by atoms with Crippen molar-refractivity contribution in [3.05, 3.63) is 63.9 Å². The van der Waals surface area contributed by atoms with Crippen LogP contribution in [0.4, 0.5) is 0 Å². The van der Waals surface area contributed by atoms with Crippen LogP contribution in [0, 0.1) is 4.77 Å². The molecular formula is C22H24ClN3O2S. The number of ether oxygens (including phenoxy) is 2. The summed E-state index contributed by atoms with van der Waals surface area (Å²) in [6, 6.07) is 16.4. The fourth-order valence-electron chi connectivity index (χ4n) is 4.37. The zero-order valence-corrected chi connectivity index (χ0v) is 17.8. The summed E-state index contributed by atoms with van der Waals surface area (Å²) >= 11 is 12.2. The molecule has 0 saturated carbocycles. The Morgan fingerprint density at radius 1 is 0.931 bits per heavy atom. The summed E-state index contributed by atoms with van der Waals surface area (Å²) in [6.45, 7) is 4.75. The minimum absolute atomic E-state index is 0.359. The molecule has 0 aliphatic carbocycles. The van der Waals surface area contributed by atoms with E-state index in [1.165, 1.54) is 5.56 Å². The summed E-state index contributed by atoms with van der Waals surface area (Å²) in [7, 11) is 0. The smallest absolute Gasteiger partial charge is 0.182 e. The Bertz CT molecular complexity index is 1060. The number of nitrogens with zero attached hydrogens (tertiary/aromatic N) is 3. The van der Waals surface area contributed by atoms with Crippen LogP contribution in [-0.4, -0.2) is 46.1 Å². The van der Waals surface area contributed by atoms with Crippen molar-refractivity contribution in [3.8, 4) is 0 Å². The van der Waals surface area contributed by atoms with E-state index in [0.29, 0.717) is 13.2 Å². The van der Waals surface area contributed by atoms with Crippen molar-refractivity contribution < 1.29 is 9.47 Å². The molecule has 1 aromatic heterocycles. The Kier molecular flexibility index (Phi) is 5.22. The summed E-state index contributed by atoms with van der Waals surface area (Å²) in [5.74, 6) is -0.359. The first-order valence-corrected chi connectivity index (χ1v) is 10.8. The SMILES string of the molecule is S=c1n(Cc2ccccc2)c2ccc(Cl)cc2n1CN1CCC2(CC1)OCCO2. The molecule has 1 spiro atoms. The highest BCUT2D eigenvalue weighted by Crippen LogP contribution is 2.32. The van der Waals surface area contributed by atoms with Gasteiger partial charge in [-0.3, -0.25) is 4.90 Å². The van der Waals surface area contributed by atoms with Gasteiger partial charge in [-0.2, -0.15) is 0 Å². The van der Waals surface area contributed by atoms with Gasteiger partial charge in [-0.05, 0) is 36.0 Å². The van der Waals surface area contributed by atoms with Crippen LogP contribution >= 0.6 is 23.8 Å². The van der Waals surface area contributed by atoms with Crippen LogP contribution in [0.2, 0.25) is 5.02 Å². The number of likely N-dealkylation sites (tertiary alicyclic amines) is 1. The fourth-order valence-corrected chi connectivity index (χ4v) is 4.85. The summed E-state index contributed by atoms with van der Waals surface area (Å²) in [4.78, 5) is 2.42. The highest BCUT2D eigenvalue weighted by atomic mass is 35.5. The van der Waals surface area contributed by atoms with Crippen molar-refractivity contribution in [1.82, 2.24) is 14.0 Å². The van der Waals surface area contributed by atoms with Gasteiger partial charge in [0.15, 0.2) is 10.6 Å². The third-order valence-electron chi connectivity index (χ3n) is 5.94. The molecule has 7 heteroatoms. The Hall–Kier alpha value is -1.70. The molecule has 3 heterocycles. The fraction of sp³-hybridized carbons (Fsp3) is 0.409. The molecule has 0 amide bonds. The minimum Gasteiger partial charge on any atom is -0.347 e. The molecule has 3 aromatic rings. The second-order valence-electron chi connectivity index (χ2n) is 7.78.